The van der Waals surface area contributed by atoms with Crippen molar-refractivity contribution in [2.75, 3.05) is 18.5 Å². The number of carbonyl (C=O) groups excluding carboxylic acids is 1. The molecule has 0 unspecified atom stereocenters. The summed E-state index contributed by atoms with van der Waals surface area (Å²) in [5.74, 6) is 0.0916. The van der Waals surface area contributed by atoms with Crippen molar-refractivity contribution in [1.82, 2.24) is 15.5 Å². The summed E-state index contributed by atoms with van der Waals surface area (Å²) in [6.07, 6.45) is 2.58. The molecule has 1 aromatic heterocycles. The first-order valence-corrected chi connectivity index (χ1v) is 10.2. The number of rotatable bonds is 4. The van der Waals surface area contributed by atoms with E-state index in [0.717, 1.165) is 42.0 Å². The molecule has 2 aromatic rings. The van der Waals surface area contributed by atoms with Crippen molar-refractivity contribution in [3.05, 3.63) is 39.1 Å². The average molecular weight is 441 g/mol. The molecule has 2 heterocycles. The van der Waals surface area contributed by atoms with Crippen LogP contribution in [0.3, 0.4) is 0 Å². The zero-order chi connectivity index (χ0) is 18.1. The summed E-state index contributed by atoms with van der Waals surface area (Å²) in [7, 11) is 0. The zero-order valence-corrected chi connectivity index (χ0v) is 16.3. The Labute approximate surface area is 162 Å². The molecule has 1 aromatic carbocycles. The van der Waals surface area contributed by atoms with E-state index in [-0.39, 0.29) is 23.8 Å². The lowest BCUT2D eigenvalue weighted by Crippen LogP contribution is -2.31. The third kappa shape index (κ3) is 3.89. The van der Waals surface area contributed by atoms with Crippen LogP contribution in [0.2, 0.25) is 0 Å². The number of hydrogen-bond donors (Lipinski definition) is 2. The maximum atomic E-state index is 14.0. The third-order valence-corrected chi connectivity index (χ3v) is 6.40. The van der Waals surface area contributed by atoms with Gasteiger partial charge in [-0.3, -0.25) is 5.32 Å². The van der Waals surface area contributed by atoms with Crippen LogP contribution in [0.5, 0.6) is 0 Å². The molecule has 0 radical (unpaired) electrons. The Bertz CT molecular complexity index is 792. The summed E-state index contributed by atoms with van der Waals surface area (Å²) in [6, 6.07) is 4.50. The van der Waals surface area contributed by atoms with Crippen molar-refractivity contribution in [1.29, 1.82) is 0 Å². The molecule has 1 saturated carbocycles. The van der Waals surface area contributed by atoms with Gasteiger partial charge in [0.15, 0.2) is 0 Å². The maximum absolute atomic E-state index is 14.0. The van der Waals surface area contributed by atoms with Crippen LogP contribution in [0, 0.1) is 5.82 Å². The fourth-order valence-electron chi connectivity index (χ4n) is 3.23. The second kappa shape index (κ2) is 7.58. The van der Waals surface area contributed by atoms with E-state index in [1.165, 1.54) is 17.4 Å². The van der Waals surface area contributed by atoms with Crippen molar-refractivity contribution in [2.45, 2.75) is 37.1 Å². The zero-order valence-electron chi connectivity index (χ0n) is 13.9. The Hall–Kier alpha value is -1.58. The van der Waals surface area contributed by atoms with Gasteiger partial charge in [-0.05, 0) is 31.4 Å². The van der Waals surface area contributed by atoms with E-state index in [2.05, 4.69) is 36.8 Å². The molecule has 0 spiro atoms. The molecule has 1 aliphatic carbocycles. The second-order valence-electron chi connectivity index (χ2n) is 6.51. The highest BCUT2D eigenvalue weighted by Gasteiger charge is 2.42. The minimum absolute atomic E-state index is 0.0106. The van der Waals surface area contributed by atoms with Gasteiger partial charge in [0.05, 0.1) is 0 Å². The number of urea groups is 1. The Morgan fingerprint density at radius 3 is 2.88 bits per heavy atom. The lowest BCUT2D eigenvalue weighted by atomic mass is 10.0. The molecule has 9 heteroatoms. The Kier molecular flexibility index (Phi) is 5.19. The topological polar surface area (TPSA) is 76.1 Å². The van der Waals surface area contributed by atoms with E-state index in [9.17, 15) is 9.18 Å². The minimum Gasteiger partial charge on any atom is -0.381 e. The number of hydrogen-bond acceptors (Lipinski definition) is 5. The molecule has 2 atom stereocenters. The van der Waals surface area contributed by atoms with Gasteiger partial charge in [-0.25, -0.2) is 9.18 Å². The van der Waals surface area contributed by atoms with Crippen LogP contribution in [-0.2, 0) is 4.74 Å². The second-order valence-corrected chi connectivity index (χ2v) is 8.38. The van der Waals surface area contributed by atoms with Crippen molar-refractivity contribution < 1.29 is 13.9 Å². The Balaban J connectivity index is 1.32. The number of amides is 2. The normalized spacial score (nSPS) is 22.8. The minimum atomic E-state index is -0.334. The standard InChI is InChI=1S/C17H18BrFN4O2S/c18-11-2-1-3-12(19)14(11)10-8-13(10)20-16(24)21-17-23-22-15(26-17)9-4-6-25-7-5-9/h1-3,9-10,13H,4-8H2,(H2,20,21,23,24)/t10-,13-/m1/s1. The van der Waals surface area contributed by atoms with Crippen LogP contribution >= 0.6 is 27.3 Å². The van der Waals surface area contributed by atoms with Gasteiger partial charge in [0, 0.05) is 41.1 Å². The molecule has 0 bridgehead atoms. The van der Waals surface area contributed by atoms with Gasteiger partial charge in [-0.2, -0.15) is 0 Å². The van der Waals surface area contributed by atoms with Gasteiger partial charge in [0.2, 0.25) is 5.13 Å². The molecule has 2 fully saturated rings. The third-order valence-electron chi connectivity index (χ3n) is 4.71. The fraction of sp³-hybridized carbons (Fsp3) is 0.471. The van der Waals surface area contributed by atoms with E-state index in [1.807, 2.05) is 6.07 Å². The number of anilines is 1. The van der Waals surface area contributed by atoms with Crippen LogP contribution in [-0.4, -0.2) is 35.5 Å². The largest absolute Gasteiger partial charge is 0.381 e. The monoisotopic (exact) mass is 440 g/mol. The molecular formula is C17H18BrFN4O2S. The molecule has 6 nitrogen and oxygen atoms in total. The molecule has 2 N–H and O–H groups in total. The fourth-order valence-corrected chi connectivity index (χ4v) is 4.78. The number of aromatic nitrogens is 2. The van der Waals surface area contributed by atoms with Gasteiger partial charge in [0.1, 0.15) is 10.8 Å². The average Bonchev–Trinajstić information content (AvgIpc) is 3.19. The molecule has 1 aliphatic heterocycles. The SMILES string of the molecule is O=C(Nc1nnc(C2CCOCC2)s1)N[C@@H]1C[C@H]1c1c(F)cccc1Br. The van der Waals surface area contributed by atoms with Crippen LogP contribution < -0.4 is 10.6 Å². The van der Waals surface area contributed by atoms with Crippen LogP contribution in [0.25, 0.3) is 0 Å². The lowest BCUT2D eigenvalue weighted by Gasteiger charge is -2.18. The molecule has 2 amide bonds. The van der Waals surface area contributed by atoms with Crippen LogP contribution in [0.4, 0.5) is 14.3 Å². The molecule has 26 heavy (non-hydrogen) atoms. The highest BCUT2D eigenvalue weighted by Crippen LogP contribution is 2.45. The molecular weight excluding hydrogens is 423 g/mol. The Morgan fingerprint density at radius 1 is 1.31 bits per heavy atom. The van der Waals surface area contributed by atoms with E-state index in [0.29, 0.717) is 16.6 Å². The van der Waals surface area contributed by atoms with Gasteiger partial charge >= 0.3 is 6.03 Å². The van der Waals surface area contributed by atoms with E-state index in [1.54, 1.807) is 6.07 Å². The summed E-state index contributed by atoms with van der Waals surface area (Å²) < 4.78 is 20.1. The smallest absolute Gasteiger partial charge is 0.321 e. The quantitative estimate of drug-likeness (QED) is 0.752. The van der Waals surface area contributed by atoms with Crippen LogP contribution in [0.15, 0.2) is 22.7 Å². The molecule has 138 valence electrons. The first kappa shape index (κ1) is 17.8. The summed E-state index contributed by atoms with van der Waals surface area (Å²) in [4.78, 5) is 12.2. The number of nitrogens with one attached hydrogen (secondary N) is 2. The number of nitrogens with zero attached hydrogens (tertiary/aromatic N) is 2. The number of carbonyl (C=O) groups is 1. The predicted octanol–water partition coefficient (Wildman–Crippen LogP) is 4.01. The van der Waals surface area contributed by atoms with E-state index < -0.39 is 0 Å². The van der Waals surface area contributed by atoms with Crippen molar-refractivity contribution >= 4 is 38.4 Å². The van der Waals surface area contributed by atoms with Gasteiger partial charge in [-0.15, -0.1) is 10.2 Å². The summed E-state index contributed by atoms with van der Waals surface area (Å²) in [5, 5.41) is 15.3. The van der Waals surface area contributed by atoms with E-state index >= 15 is 0 Å². The first-order valence-electron chi connectivity index (χ1n) is 8.54. The molecule has 4 rings (SSSR count). The maximum Gasteiger partial charge on any atom is 0.321 e. The summed E-state index contributed by atoms with van der Waals surface area (Å²) >= 11 is 4.78. The van der Waals surface area contributed by atoms with Gasteiger partial charge < -0.3 is 10.1 Å². The van der Waals surface area contributed by atoms with Gasteiger partial charge in [0.25, 0.3) is 0 Å². The highest BCUT2D eigenvalue weighted by atomic mass is 79.9. The van der Waals surface area contributed by atoms with Gasteiger partial charge in [-0.1, -0.05) is 33.3 Å². The van der Waals surface area contributed by atoms with Crippen LogP contribution in [0.1, 0.15) is 41.7 Å². The number of ether oxygens (including phenoxy) is 1. The predicted molar refractivity (Wildman–Crippen MR) is 100 cm³/mol. The number of benzene rings is 1. The lowest BCUT2D eigenvalue weighted by molar-refractivity contribution is 0.0851. The van der Waals surface area contributed by atoms with Crippen molar-refractivity contribution in [3.8, 4) is 0 Å². The molecule has 1 saturated heterocycles. The molecule has 2 aliphatic rings. The highest BCUT2D eigenvalue weighted by molar-refractivity contribution is 9.10. The van der Waals surface area contributed by atoms with E-state index in [4.69, 9.17) is 4.74 Å². The first-order chi connectivity index (χ1) is 12.6. The van der Waals surface area contributed by atoms with Crippen molar-refractivity contribution in [2.24, 2.45) is 0 Å². The summed E-state index contributed by atoms with van der Waals surface area (Å²) in [6.45, 7) is 1.48. The van der Waals surface area contributed by atoms with Crippen molar-refractivity contribution in [3.63, 3.8) is 0 Å². The number of halogens is 2. The Morgan fingerprint density at radius 2 is 2.12 bits per heavy atom. The summed E-state index contributed by atoms with van der Waals surface area (Å²) in [5.41, 5.74) is 0.621.